The molecule has 0 atom stereocenters. The summed E-state index contributed by atoms with van der Waals surface area (Å²) < 4.78 is 1.77. The lowest BCUT2D eigenvalue weighted by Gasteiger charge is -2.03. The van der Waals surface area contributed by atoms with Gasteiger partial charge in [0.2, 0.25) is 5.91 Å². The van der Waals surface area contributed by atoms with Crippen LogP contribution in [0.5, 0.6) is 0 Å². The molecule has 5 heteroatoms. The van der Waals surface area contributed by atoms with Crippen LogP contribution in [0.1, 0.15) is 5.56 Å². The highest BCUT2D eigenvalue weighted by Crippen LogP contribution is 2.25. The largest absolute Gasteiger partial charge is 0.345 e. The number of para-hydroxylation sites is 1. The van der Waals surface area contributed by atoms with Crippen molar-refractivity contribution in [2.75, 3.05) is 6.54 Å². The Morgan fingerprint density at radius 1 is 1.16 bits per heavy atom. The van der Waals surface area contributed by atoms with Crippen LogP contribution in [0.4, 0.5) is 0 Å². The summed E-state index contributed by atoms with van der Waals surface area (Å²) >= 11 is 5.97. The minimum Gasteiger partial charge on any atom is -0.345 e. The molecule has 0 bridgehead atoms. The summed E-state index contributed by atoms with van der Waals surface area (Å²) in [5.74, 6) is 2.26. The van der Waals surface area contributed by atoms with Crippen LogP contribution in [0, 0.1) is 12.3 Å². The maximum Gasteiger partial charge on any atom is 0.225 e. The number of halogens is 1. The molecule has 3 aromatic rings. The highest BCUT2D eigenvalue weighted by Gasteiger charge is 2.15. The zero-order valence-corrected chi connectivity index (χ0v) is 14.2. The third-order valence-electron chi connectivity index (χ3n) is 3.67. The quantitative estimate of drug-likeness (QED) is 0.717. The summed E-state index contributed by atoms with van der Waals surface area (Å²) in [4.78, 5) is 12.1. The van der Waals surface area contributed by atoms with Crippen LogP contribution in [0.3, 0.4) is 0 Å². The number of hydrogen-bond acceptors (Lipinski definition) is 2. The lowest BCUT2D eigenvalue weighted by Crippen LogP contribution is -2.25. The van der Waals surface area contributed by atoms with Crippen molar-refractivity contribution < 1.29 is 4.79 Å². The Morgan fingerprint density at radius 3 is 2.56 bits per heavy atom. The van der Waals surface area contributed by atoms with Crippen molar-refractivity contribution in [2.45, 2.75) is 6.42 Å². The summed E-state index contributed by atoms with van der Waals surface area (Å²) in [7, 11) is 0. The predicted molar refractivity (Wildman–Crippen MR) is 99.6 cm³/mol. The molecule has 0 fully saturated rings. The minimum atomic E-state index is -0.138. The van der Waals surface area contributed by atoms with E-state index in [9.17, 15) is 4.79 Å². The van der Waals surface area contributed by atoms with Crippen LogP contribution >= 0.6 is 11.6 Å². The summed E-state index contributed by atoms with van der Waals surface area (Å²) in [6.45, 7) is 0.210. The van der Waals surface area contributed by atoms with Crippen LogP contribution in [0.25, 0.3) is 16.9 Å². The van der Waals surface area contributed by atoms with Gasteiger partial charge in [0.05, 0.1) is 24.3 Å². The van der Waals surface area contributed by atoms with Crippen molar-refractivity contribution in [1.29, 1.82) is 0 Å². The Bertz CT molecular complexity index is 908. The molecule has 4 nitrogen and oxygen atoms in total. The van der Waals surface area contributed by atoms with Gasteiger partial charge < -0.3 is 5.32 Å². The molecule has 2 aromatic carbocycles. The molecule has 0 saturated heterocycles. The third-order valence-corrected chi connectivity index (χ3v) is 3.92. The summed E-state index contributed by atoms with van der Waals surface area (Å²) in [5, 5.41) is 8.00. The van der Waals surface area contributed by atoms with Gasteiger partial charge in [-0.05, 0) is 24.3 Å². The molecule has 1 N–H and O–H groups in total. The second-order valence-electron chi connectivity index (χ2n) is 5.45. The van der Waals surface area contributed by atoms with Gasteiger partial charge in [0.25, 0.3) is 0 Å². The first-order chi connectivity index (χ1) is 12.2. The lowest BCUT2D eigenvalue weighted by molar-refractivity contribution is -0.120. The average molecular weight is 350 g/mol. The smallest absolute Gasteiger partial charge is 0.225 e. The molecule has 25 heavy (non-hydrogen) atoms. The van der Waals surface area contributed by atoms with Crippen molar-refractivity contribution in [3.63, 3.8) is 0 Å². The first kappa shape index (κ1) is 16.8. The van der Waals surface area contributed by atoms with Gasteiger partial charge in [-0.15, -0.1) is 6.42 Å². The second kappa shape index (κ2) is 7.69. The van der Waals surface area contributed by atoms with Crippen LogP contribution < -0.4 is 5.32 Å². The molecule has 0 aliphatic rings. The number of terminal acetylenes is 1. The van der Waals surface area contributed by atoms with Gasteiger partial charge in [-0.3, -0.25) is 4.79 Å². The van der Waals surface area contributed by atoms with Crippen LogP contribution in [-0.2, 0) is 11.2 Å². The van der Waals surface area contributed by atoms with Crippen molar-refractivity contribution >= 4 is 17.5 Å². The first-order valence-corrected chi connectivity index (χ1v) is 8.15. The number of benzene rings is 2. The van der Waals surface area contributed by atoms with E-state index in [0.717, 1.165) is 22.5 Å². The fourth-order valence-electron chi connectivity index (χ4n) is 2.49. The van der Waals surface area contributed by atoms with Crippen LogP contribution in [0.15, 0.2) is 60.8 Å². The average Bonchev–Trinajstić information content (AvgIpc) is 3.05. The number of aromatic nitrogens is 2. The Kier molecular flexibility index (Phi) is 5.17. The molecular weight excluding hydrogens is 334 g/mol. The second-order valence-corrected chi connectivity index (χ2v) is 5.88. The molecule has 3 rings (SSSR count). The number of amides is 1. The fraction of sp³-hybridized carbons (Fsp3) is 0.100. The number of hydrogen-bond donors (Lipinski definition) is 1. The van der Waals surface area contributed by atoms with E-state index < -0.39 is 0 Å². The highest BCUT2D eigenvalue weighted by molar-refractivity contribution is 6.30. The number of nitrogens with zero attached hydrogens (tertiary/aromatic N) is 2. The maximum atomic E-state index is 12.1. The fourth-order valence-corrected chi connectivity index (χ4v) is 2.61. The molecule has 0 spiro atoms. The van der Waals surface area contributed by atoms with E-state index in [0.29, 0.717) is 5.02 Å². The van der Waals surface area contributed by atoms with Crippen molar-refractivity contribution in [3.8, 4) is 29.3 Å². The van der Waals surface area contributed by atoms with Gasteiger partial charge >= 0.3 is 0 Å². The molecule has 1 heterocycles. The SMILES string of the molecule is C#CCNC(=O)Cc1cn(-c2ccccc2)nc1-c1ccc(Cl)cc1. The minimum absolute atomic E-state index is 0.138. The molecular formula is C20H16ClN3O. The Balaban J connectivity index is 1.99. The van der Waals surface area contributed by atoms with Crippen molar-refractivity contribution in [1.82, 2.24) is 15.1 Å². The molecule has 1 aromatic heterocycles. The first-order valence-electron chi connectivity index (χ1n) is 7.77. The molecule has 0 aliphatic heterocycles. The van der Waals surface area contributed by atoms with Crippen LogP contribution in [0.2, 0.25) is 5.02 Å². The van der Waals surface area contributed by atoms with Crippen molar-refractivity contribution in [2.24, 2.45) is 0 Å². The van der Waals surface area contributed by atoms with Gasteiger partial charge in [0.1, 0.15) is 0 Å². The summed E-state index contributed by atoms with van der Waals surface area (Å²) in [6.07, 6.45) is 7.26. The Morgan fingerprint density at radius 2 is 1.88 bits per heavy atom. The summed E-state index contributed by atoms with van der Waals surface area (Å²) in [5.41, 5.74) is 3.39. The normalized spacial score (nSPS) is 10.2. The molecule has 1 amide bonds. The topological polar surface area (TPSA) is 46.9 Å². The Hall–Kier alpha value is -3.03. The molecule has 0 saturated carbocycles. The van der Waals surface area contributed by atoms with Gasteiger partial charge in [-0.1, -0.05) is 47.9 Å². The molecule has 0 radical (unpaired) electrons. The standard InChI is InChI=1S/C20H16ClN3O/c1-2-12-22-19(25)13-16-14-24(18-6-4-3-5-7-18)23-20(16)15-8-10-17(21)11-9-15/h1,3-11,14H,12-13H2,(H,22,25). The number of rotatable bonds is 5. The van der Waals surface area contributed by atoms with E-state index in [2.05, 4.69) is 16.3 Å². The lowest BCUT2D eigenvalue weighted by atomic mass is 10.1. The van der Waals surface area contributed by atoms with E-state index in [1.165, 1.54) is 0 Å². The van der Waals surface area contributed by atoms with Gasteiger partial charge in [0.15, 0.2) is 0 Å². The third kappa shape index (κ3) is 4.09. The van der Waals surface area contributed by atoms with Gasteiger partial charge in [-0.25, -0.2) is 4.68 Å². The van der Waals surface area contributed by atoms with E-state index in [1.54, 1.807) is 16.8 Å². The van der Waals surface area contributed by atoms with Crippen molar-refractivity contribution in [3.05, 3.63) is 71.4 Å². The van der Waals surface area contributed by atoms with E-state index in [-0.39, 0.29) is 18.9 Å². The number of carbonyl (C=O) groups is 1. The number of nitrogens with one attached hydrogen (secondary N) is 1. The summed E-state index contributed by atoms with van der Waals surface area (Å²) in [6, 6.07) is 17.1. The van der Waals surface area contributed by atoms with Gasteiger partial charge in [0, 0.05) is 22.3 Å². The maximum absolute atomic E-state index is 12.1. The van der Waals surface area contributed by atoms with Gasteiger partial charge in [-0.2, -0.15) is 5.10 Å². The number of carbonyl (C=O) groups excluding carboxylic acids is 1. The zero-order chi connectivity index (χ0) is 17.6. The van der Waals surface area contributed by atoms with Crippen LogP contribution in [-0.4, -0.2) is 22.2 Å². The van der Waals surface area contributed by atoms with E-state index in [1.807, 2.05) is 48.7 Å². The molecule has 0 aliphatic carbocycles. The molecule has 0 unspecified atom stereocenters. The van der Waals surface area contributed by atoms with E-state index >= 15 is 0 Å². The molecule has 124 valence electrons. The Labute approximate surface area is 151 Å². The predicted octanol–water partition coefficient (Wildman–Crippen LogP) is 3.48. The highest BCUT2D eigenvalue weighted by atomic mass is 35.5. The monoisotopic (exact) mass is 349 g/mol. The van der Waals surface area contributed by atoms with E-state index in [4.69, 9.17) is 18.0 Å². The zero-order valence-electron chi connectivity index (χ0n) is 13.4.